The van der Waals surface area contributed by atoms with Crippen molar-refractivity contribution >= 4 is 11.8 Å². The van der Waals surface area contributed by atoms with E-state index in [1.54, 1.807) is 11.0 Å². The summed E-state index contributed by atoms with van der Waals surface area (Å²) in [4.78, 5) is 22.6. The minimum Gasteiger partial charge on any atom is -0.459 e. The van der Waals surface area contributed by atoms with E-state index >= 15 is 0 Å². The zero-order valence-corrected chi connectivity index (χ0v) is 37.1. The van der Waals surface area contributed by atoms with Crippen molar-refractivity contribution in [2.45, 2.75) is 103 Å². The van der Waals surface area contributed by atoms with Crippen molar-refractivity contribution in [3.05, 3.63) is 149 Å². The Morgan fingerprint density at radius 2 is 1.56 bits per heavy atom. The summed E-state index contributed by atoms with van der Waals surface area (Å²) < 4.78 is 27.2. The molecule has 7 rings (SSSR count). The Labute approximate surface area is 373 Å². The second kappa shape index (κ2) is 21.8. The summed E-state index contributed by atoms with van der Waals surface area (Å²) >= 11 is 0. The number of amides is 1. The molecule has 3 aliphatic rings. The third kappa shape index (κ3) is 10.5. The number of unbranched alkanes of at least 4 members (excludes halogenated alkanes) is 2. The van der Waals surface area contributed by atoms with Gasteiger partial charge in [-0.3, -0.25) is 4.90 Å². The number of hydrogen-bond donors (Lipinski definition) is 2. The van der Waals surface area contributed by atoms with Gasteiger partial charge in [0, 0.05) is 37.7 Å². The molecule has 1 saturated carbocycles. The molecule has 0 bridgehead atoms. The largest absolute Gasteiger partial charge is 0.459 e. The van der Waals surface area contributed by atoms with Gasteiger partial charge in [-0.15, -0.1) is 6.58 Å². The second-order valence-electron chi connectivity index (χ2n) is 17.1. The highest BCUT2D eigenvalue weighted by Gasteiger charge is 2.65. The minimum absolute atomic E-state index is 0.0742. The average Bonchev–Trinajstić information content (AvgIpc) is 3.30. The van der Waals surface area contributed by atoms with Crippen LogP contribution in [0.5, 0.6) is 17.2 Å². The molecular formula is C53H64N2O8. The fourth-order valence-corrected chi connectivity index (χ4v) is 9.80. The number of hydrogen-bond acceptors (Lipinski definition) is 9. The topological polar surface area (TPSA) is 119 Å². The molecule has 4 aromatic carbocycles. The summed E-state index contributed by atoms with van der Waals surface area (Å²) in [7, 11) is 0. The Balaban J connectivity index is 1.41. The Morgan fingerprint density at radius 1 is 0.873 bits per heavy atom. The van der Waals surface area contributed by atoms with Crippen LogP contribution >= 0.6 is 0 Å². The first-order valence-corrected chi connectivity index (χ1v) is 22.8. The molecule has 0 spiro atoms. The van der Waals surface area contributed by atoms with Crippen LogP contribution in [0.2, 0.25) is 0 Å². The number of aryl methyl sites for hydroxylation is 2. The Morgan fingerprint density at radius 3 is 2.24 bits per heavy atom. The SMILES string of the molecule is C=CCO[C@@]12Oc3ccc(Oc4ccc(C)c(C)c4)cc3[C@H]3[C@H](CCCCO)[C@@H](CCCCO)C=C(C(=NOCc4ccccc4)C[C@@H]1N(CCC)C(=O)OCc1ccccc1)[C@H]32. The predicted octanol–water partition coefficient (Wildman–Crippen LogP) is 11.0. The van der Waals surface area contributed by atoms with E-state index in [0.29, 0.717) is 37.3 Å². The molecule has 2 N–H and O–H groups in total. The fraction of sp³-hybridized carbons (Fsp3) is 0.434. The van der Waals surface area contributed by atoms with Crippen molar-refractivity contribution < 1.29 is 38.8 Å². The number of nitrogens with zero attached hydrogens (tertiary/aromatic N) is 2. The lowest BCUT2D eigenvalue weighted by Crippen LogP contribution is -2.70. The standard InChI is InChI=1S/C53H64N2O8/c1-5-27-55(52(58)59-35-39-17-9-7-10-18-39)49-34-47(54-61-36-40-19-11-8-12-20-40)45-32-41(21-13-15-28-56)44(22-14-16-29-57)50-46-33-43(62-42-24-23-37(3)38(4)31-42)25-26-48(46)63-53(49,51(45)50)60-30-6-2/h6-12,17-20,23-26,31-33,41,44,49-51,56-57H,2,5,13-16,21-22,27-30,34-36H2,1,3-4H3/t41-,44+,49-,50+,51+,53+/m0/s1. The quantitative estimate of drug-likeness (QED) is 0.0483. The third-order valence-electron chi connectivity index (χ3n) is 12.9. The Hall–Kier alpha value is -5.42. The normalized spacial score (nSPS) is 22.8. The van der Waals surface area contributed by atoms with Crippen LogP contribution in [0.15, 0.2) is 127 Å². The molecule has 6 atom stereocenters. The monoisotopic (exact) mass is 856 g/mol. The Kier molecular flexibility index (Phi) is 15.8. The summed E-state index contributed by atoms with van der Waals surface area (Å²) in [6, 6.07) is 31.1. The number of oxime groups is 1. The molecule has 0 unspecified atom stereocenters. The molecular weight excluding hydrogens is 793 g/mol. The first kappa shape index (κ1) is 45.6. The van der Waals surface area contributed by atoms with Gasteiger partial charge in [-0.05, 0) is 116 Å². The van der Waals surface area contributed by atoms with Gasteiger partial charge in [0.25, 0.3) is 0 Å². The van der Waals surface area contributed by atoms with Crippen LogP contribution in [0, 0.1) is 31.6 Å². The van der Waals surface area contributed by atoms with E-state index in [2.05, 4.69) is 44.7 Å². The van der Waals surface area contributed by atoms with Gasteiger partial charge in [0.15, 0.2) is 0 Å². The van der Waals surface area contributed by atoms with E-state index in [4.69, 9.17) is 28.9 Å². The van der Waals surface area contributed by atoms with E-state index < -0.39 is 23.8 Å². The Bertz CT molecular complexity index is 2190. The molecule has 1 aliphatic heterocycles. The summed E-state index contributed by atoms with van der Waals surface area (Å²) in [5.74, 6) is 0.235. The summed E-state index contributed by atoms with van der Waals surface area (Å²) in [5.41, 5.74) is 6.90. The molecule has 2 aliphatic carbocycles. The van der Waals surface area contributed by atoms with Gasteiger partial charge in [0.1, 0.15) is 36.5 Å². The smallest absolute Gasteiger partial charge is 0.410 e. The van der Waals surface area contributed by atoms with Crippen molar-refractivity contribution in [3.8, 4) is 17.2 Å². The molecule has 1 amide bonds. The molecule has 10 nitrogen and oxygen atoms in total. The van der Waals surface area contributed by atoms with Crippen LogP contribution in [-0.2, 0) is 27.5 Å². The maximum atomic E-state index is 14.6. The molecule has 1 heterocycles. The highest BCUT2D eigenvalue weighted by molar-refractivity contribution is 6.03. The van der Waals surface area contributed by atoms with Gasteiger partial charge >= 0.3 is 6.09 Å². The third-order valence-corrected chi connectivity index (χ3v) is 12.9. The highest BCUT2D eigenvalue weighted by atomic mass is 16.7. The summed E-state index contributed by atoms with van der Waals surface area (Å²) in [5, 5.41) is 24.9. The van der Waals surface area contributed by atoms with Crippen molar-refractivity contribution in [1.82, 2.24) is 4.90 Å². The second-order valence-corrected chi connectivity index (χ2v) is 17.1. The number of fused-ring (bicyclic) bond motifs is 2. The number of allylic oxidation sites excluding steroid dienone is 1. The molecule has 334 valence electrons. The van der Waals surface area contributed by atoms with E-state index in [1.165, 1.54) is 5.56 Å². The van der Waals surface area contributed by atoms with Gasteiger partial charge in [-0.25, -0.2) is 4.79 Å². The molecule has 4 aromatic rings. The zero-order valence-electron chi connectivity index (χ0n) is 37.1. The molecule has 63 heavy (non-hydrogen) atoms. The van der Waals surface area contributed by atoms with Crippen LogP contribution in [-0.4, -0.2) is 65.1 Å². The van der Waals surface area contributed by atoms with Gasteiger partial charge in [-0.2, -0.15) is 0 Å². The van der Waals surface area contributed by atoms with E-state index in [9.17, 15) is 15.0 Å². The van der Waals surface area contributed by atoms with Crippen LogP contribution in [0.25, 0.3) is 0 Å². The van der Waals surface area contributed by atoms with Crippen molar-refractivity contribution in [1.29, 1.82) is 0 Å². The van der Waals surface area contributed by atoms with E-state index in [-0.39, 0.29) is 57.2 Å². The number of ether oxygens (including phenoxy) is 4. The van der Waals surface area contributed by atoms with Crippen LogP contribution in [0.4, 0.5) is 4.79 Å². The van der Waals surface area contributed by atoms with Crippen molar-refractivity contribution in [2.75, 3.05) is 26.4 Å². The van der Waals surface area contributed by atoms with Crippen molar-refractivity contribution in [3.63, 3.8) is 0 Å². The molecule has 10 heteroatoms. The van der Waals surface area contributed by atoms with Crippen LogP contribution in [0.3, 0.4) is 0 Å². The average molecular weight is 857 g/mol. The lowest BCUT2D eigenvalue weighted by atomic mass is 9.55. The van der Waals surface area contributed by atoms with Crippen LogP contribution in [0.1, 0.15) is 92.0 Å². The van der Waals surface area contributed by atoms with Gasteiger partial charge < -0.3 is 34.0 Å². The lowest BCUT2D eigenvalue weighted by Gasteiger charge is -2.59. The van der Waals surface area contributed by atoms with Crippen LogP contribution < -0.4 is 9.47 Å². The fourth-order valence-electron chi connectivity index (χ4n) is 9.80. The molecule has 0 aromatic heterocycles. The first-order chi connectivity index (χ1) is 30.8. The summed E-state index contributed by atoms with van der Waals surface area (Å²) in [6.07, 6.45) is 9.26. The maximum absolute atomic E-state index is 14.6. The number of carbonyl (C=O) groups is 1. The maximum Gasteiger partial charge on any atom is 0.410 e. The number of carbonyl (C=O) groups excluding carboxylic acids is 1. The number of rotatable bonds is 21. The summed E-state index contributed by atoms with van der Waals surface area (Å²) in [6.45, 7) is 11.4. The first-order valence-electron chi connectivity index (χ1n) is 22.8. The minimum atomic E-state index is -1.39. The number of aliphatic hydroxyl groups excluding tert-OH is 2. The number of benzene rings is 4. The molecule has 0 saturated heterocycles. The predicted molar refractivity (Wildman–Crippen MR) is 246 cm³/mol. The van der Waals surface area contributed by atoms with Gasteiger partial charge in [-0.1, -0.05) is 104 Å². The van der Waals surface area contributed by atoms with Crippen molar-refractivity contribution in [2.24, 2.45) is 22.9 Å². The molecule has 0 radical (unpaired) electrons. The highest BCUT2D eigenvalue weighted by Crippen LogP contribution is 2.62. The van der Waals surface area contributed by atoms with E-state index in [1.807, 2.05) is 85.8 Å². The van der Waals surface area contributed by atoms with Gasteiger partial charge in [0.2, 0.25) is 5.79 Å². The molecule has 1 fully saturated rings. The number of aliphatic hydroxyl groups is 2. The van der Waals surface area contributed by atoms with E-state index in [0.717, 1.165) is 65.0 Å². The lowest BCUT2D eigenvalue weighted by molar-refractivity contribution is -0.255. The zero-order chi connectivity index (χ0) is 44.2. The van der Waals surface area contributed by atoms with Gasteiger partial charge in [0.05, 0.1) is 18.2 Å².